The number of carbonyl (C=O) groups is 2. The van der Waals surface area contributed by atoms with Gasteiger partial charge in [-0.3, -0.25) is 9.59 Å². The molecule has 0 aliphatic carbocycles. The Labute approximate surface area is 208 Å². The standard InChI is InChI=1S/C23H15BrF3N3O4S/c1-2-34-22(33)18-16-11-35-20(28-19(31)12-3-7-14(24)8-4-12)17(16)21(32)30(29-18)15-9-5-13(6-10-15)23(25,26)27/h3-11H,2H2,1H3,(H,28,31). The summed E-state index contributed by atoms with van der Waals surface area (Å²) in [4.78, 5) is 38.7. The van der Waals surface area contributed by atoms with Crippen LogP contribution in [-0.2, 0) is 10.9 Å². The predicted octanol–water partition coefficient (Wildman–Crippen LogP) is 5.66. The van der Waals surface area contributed by atoms with E-state index in [4.69, 9.17) is 4.74 Å². The Bertz CT molecular complexity index is 1480. The molecule has 1 amide bonds. The molecule has 4 aromatic rings. The number of rotatable bonds is 5. The lowest BCUT2D eigenvalue weighted by atomic mass is 10.2. The van der Waals surface area contributed by atoms with Gasteiger partial charge in [0.2, 0.25) is 0 Å². The molecule has 2 heterocycles. The first-order chi connectivity index (χ1) is 16.6. The highest BCUT2D eigenvalue weighted by molar-refractivity contribution is 9.10. The Balaban J connectivity index is 1.85. The number of ether oxygens (including phenoxy) is 1. The Morgan fingerprint density at radius 3 is 2.37 bits per heavy atom. The number of halogens is 4. The van der Waals surface area contributed by atoms with E-state index >= 15 is 0 Å². The zero-order chi connectivity index (χ0) is 25.3. The number of thiophene rings is 1. The van der Waals surface area contributed by atoms with E-state index in [9.17, 15) is 27.6 Å². The van der Waals surface area contributed by atoms with Crippen LogP contribution in [-0.4, -0.2) is 28.3 Å². The molecule has 0 fully saturated rings. The maximum absolute atomic E-state index is 13.4. The van der Waals surface area contributed by atoms with Crippen molar-refractivity contribution >= 4 is 54.9 Å². The van der Waals surface area contributed by atoms with Gasteiger partial charge in [0.25, 0.3) is 11.5 Å². The van der Waals surface area contributed by atoms with Crippen LogP contribution in [0.1, 0.15) is 33.3 Å². The molecule has 0 unspecified atom stereocenters. The highest BCUT2D eigenvalue weighted by Gasteiger charge is 2.30. The molecule has 0 aliphatic heterocycles. The molecule has 0 saturated carbocycles. The number of alkyl halides is 3. The van der Waals surface area contributed by atoms with Gasteiger partial charge in [-0.15, -0.1) is 11.3 Å². The highest BCUT2D eigenvalue weighted by Crippen LogP contribution is 2.32. The Morgan fingerprint density at radius 2 is 1.77 bits per heavy atom. The van der Waals surface area contributed by atoms with Crippen LogP contribution in [0.3, 0.4) is 0 Å². The number of benzene rings is 2. The van der Waals surface area contributed by atoms with E-state index in [-0.39, 0.29) is 33.8 Å². The van der Waals surface area contributed by atoms with Gasteiger partial charge < -0.3 is 10.1 Å². The van der Waals surface area contributed by atoms with Gasteiger partial charge in [-0.1, -0.05) is 15.9 Å². The summed E-state index contributed by atoms with van der Waals surface area (Å²) in [7, 11) is 0. The van der Waals surface area contributed by atoms with E-state index in [0.717, 1.165) is 44.8 Å². The number of hydrogen-bond acceptors (Lipinski definition) is 6. The SMILES string of the molecule is CCOC(=O)c1nn(-c2ccc(C(F)(F)F)cc2)c(=O)c2c(NC(=O)c3ccc(Br)cc3)scc12. The average molecular weight is 566 g/mol. The third-order valence-corrected chi connectivity index (χ3v) is 6.32. The summed E-state index contributed by atoms with van der Waals surface area (Å²) in [5.41, 5.74) is -1.50. The van der Waals surface area contributed by atoms with E-state index in [1.807, 2.05) is 0 Å². The van der Waals surface area contributed by atoms with Crippen LogP contribution >= 0.6 is 27.3 Å². The van der Waals surface area contributed by atoms with Crippen molar-refractivity contribution in [3.05, 3.63) is 85.6 Å². The molecule has 12 heteroatoms. The lowest BCUT2D eigenvalue weighted by Crippen LogP contribution is -2.25. The first kappa shape index (κ1) is 24.6. The average Bonchev–Trinajstić information content (AvgIpc) is 3.23. The maximum Gasteiger partial charge on any atom is 0.416 e. The lowest BCUT2D eigenvalue weighted by Gasteiger charge is -2.11. The fraction of sp³-hybridized carbons (Fsp3) is 0.130. The molecule has 180 valence electrons. The van der Waals surface area contributed by atoms with Crippen molar-refractivity contribution in [3.8, 4) is 5.69 Å². The third-order valence-electron chi connectivity index (χ3n) is 4.89. The van der Waals surface area contributed by atoms with Gasteiger partial charge in [-0.25, -0.2) is 4.79 Å². The number of nitrogens with one attached hydrogen (secondary N) is 1. The topological polar surface area (TPSA) is 90.3 Å². The minimum atomic E-state index is -4.56. The molecule has 2 aromatic heterocycles. The van der Waals surface area contributed by atoms with Gasteiger partial charge in [0.05, 0.1) is 23.2 Å². The van der Waals surface area contributed by atoms with Crippen LogP contribution in [0.15, 0.2) is 63.2 Å². The summed E-state index contributed by atoms with van der Waals surface area (Å²) < 4.78 is 45.6. The van der Waals surface area contributed by atoms with Crippen LogP contribution in [0.25, 0.3) is 16.5 Å². The molecule has 0 atom stereocenters. The van der Waals surface area contributed by atoms with Gasteiger partial charge >= 0.3 is 12.1 Å². The minimum Gasteiger partial charge on any atom is -0.461 e. The van der Waals surface area contributed by atoms with Gasteiger partial charge in [0, 0.05) is 20.8 Å². The number of fused-ring (bicyclic) bond motifs is 1. The number of hydrogen-bond donors (Lipinski definition) is 1. The number of nitrogens with zero attached hydrogens (tertiary/aromatic N) is 2. The van der Waals surface area contributed by atoms with Crippen molar-refractivity contribution in [1.82, 2.24) is 9.78 Å². The van der Waals surface area contributed by atoms with E-state index < -0.39 is 29.2 Å². The van der Waals surface area contributed by atoms with Crippen molar-refractivity contribution in [2.45, 2.75) is 13.1 Å². The number of esters is 1. The summed E-state index contributed by atoms with van der Waals surface area (Å²) >= 11 is 4.30. The fourth-order valence-electron chi connectivity index (χ4n) is 3.24. The molecular weight excluding hydrogens is 551 g/mol. The summed E-state index contributed by atoms with van der Waals surface area (Å²) in [6.45, 7) is 1.64. The summed E-state index contributed by atoms with van der Waals surface area (Å²) in [5, 5.41) is 8.54. The minimum absolute atomic E-state index is 0.00633. The number of amides is 1. The molecule has 1 N–H and O–H groups in total. The van der Waals surface area contributed by atoms with Gasteiger partial charge in [0.1, 0.15) is 5.00 Å². The zero-order valence-electron chi connectivity index (χ0n) is 17.9. The fourth-order valence-corrected chi connectivity index (χ4v) is 4.43. The first-order valence-electron chi connectivity index (χ1n) is 10.1. The largest absolute Gasteiger partial charge is 0.461 e. The summed E-state index contributed by atoms with van der Waals surface area (Å²) in [6, 6.07) is 10.3. The summed E-state index contributed by atoms with van der Waals surface area (Å²) in [6.07, 6.45) is -4.56. The molecule has 0 saturated heterocycles. The lowest BCUT2D eigenvalue weighted by molar-refractivity contribution is -0.137. The van der Waals surface area contributed by atoms with Crippen LogP contribution in [0, 0.1) is 0 Å². The second-order valence-electron chi connectivity index (χ2n) is 7.15. The molecule has 2 aromatic carbocycles. The second-order valence-corrected chi connectivity index (χ2v) is 8.94. The molecular formula is C23H15BrF3N3O4S. The van der Waals surface area contributed by atoms with Crippen molar-refractivity contribution in [2.24, 2.45) is 0 Å². The van der Waals surface area contributed by atoms with E-state index in [1.54, 1.807) is 31.2 Å². The predicted molar refractivity (Wildman–Crippen MR) is 128 cm³/mol. The third kappa shape index (κ3) is 4.98. The second kappa shape index (κ2) is 9.62. The van der Waals surface area contributed by atoms with E-state index in [1.165, 1.54) is 5.38 Å². The van der Waals surface area contributed by atoms with Crippen molar-refractivity contribution < 1.29 is 27.5 Å². The Morgan fingerprint density at radius 1 is 1.11 bits per heavy atom. The molecule has 0 radical (unpaired) electrons. The van der Waals surface area contributed by atoms with Gasteiger partial charge in [-0.2, -0.15) is 23.0 Å². The quantitative estimate of drug-likeness (QED) is 0.315. The molecule has 0 spiro atoms. The monoisotopic (exact) mass is 565 g/mol. The van der Waals surface area contributed by atoms with Crippen LogP contribution in [0.2, 0.25) is 0 Å². The number of carbonyl (C=O) groups excluding carboxylic acids is 2. The van der Waals surface area contributed by atoms with Crippen LogP contribution in [0.5, 0.6) is 0 Å². The summed E-state index contributed by atoms with van der Waals surface area (Å²) in [5.74, 6) is -1.31. The van der Waals surface area contributed by atoms with Crippen LogP contribution in [0.4, 0.5) is 18.2 Å². The van der Waals surface area contributed by atoms with Crippen LogP contribution < -0.4 is 10.9 Å². The Hall–Kier alpha value is -3.51. The van der Waals surface area contributed by atoms with Gasteiger partial charge in [-0.05, 0) is 55.5 Å². The molecule has 4 rings (SSSR count). The molecule has 0 bridgehead atoms. The number of aromatic nitrogens is 2. The number of anilines is 1. The zero-order valence-corrected chi connectivity index (χ0v) is 20.3. The van der Waals surface area contributed by atoms with E-state index in [0.29, 0.717) is 5.56 Å². The normalized spacial score (nSPS) is 11.5. The first-order valence-corrected chi connectivity index (χ1v) is 11.7. The van der Waals surface area contributed by atoms with Crippen molar-refractivity contribution in [1.29, 1.82) is 0 Å². The smallest absolute Gasteiger partial charge is 0.416 e. The Kier molecular flexibility index (Phi) is 6.77. The van der Waals surface area contributed by atoms with E-state index in [2.05, 4.69) is 26.3 Å². The van der Waals surface area contributed by atoms with Crippen molar-refractivity contribution in [3.63, 3.8) is 0 Å². The molecule has 7 nitrogen and oxygen atoms in total. The highest BCUT2D eigenvalue weighted by atomic mass is 79.9. The molecule has 35 heavy (non-hydrogen) atoms. The van der Waals surface area contributed by atoms with Gasteiger partial charge in [0.15, 0.2) is 5.69 Å². The molecule has 0 aliphatic rings. The van der Waals surface area contributed by atoms with Crippen molar-refractivity contribution in [2.75, 3.05) is 11.9 Å². The maximum atomic E-state index is 13.4.